The molecule has 1 amide bonds. The number of amides is 1. The fourth-order valence-corrected chi connectivity index (χ4v) is 4.91. The minimum atomic E-state index is -3.84. The molecular weight excluding hydrogens is 380 g/mol. The molecule has 0 saturated carbocycles. The quantitative estimate of drug-likeness (QED) is 0.843. The molecule has 3 rings (SSSR count). The standard InChI is InChI=1S/C19H22N4O4S/c1-19(2,3)27-18(24)22-15-7-8-23(12-15)28(25,26)16-6-4-5-13-10-21-11-14(9-20)17(13)16/h4-6,10-11,15H,7-8,12H2,1-3H3,(H,22,24). The first-order chi connectivity index (χ1) is 13.1. The number of hydrogen-bond acceptors (Lipinski definition) is 6. The molecule has 1 atom stereocenters. The van der Waals surface area contributed by atoms with E-state index >= 15 is 0 Å². The van der Waals surface area contributed by atoms with Crippen LogP contribution in [0.5, 0.6) is 0 Å². The topological polar surface area (TPSA) is 112 Å². The minimum Gasteiger partial charge on any atom is -0.444 e. The van der Waals surface area contributed by atoms with E-state index in [2.05, 4.69) is 10.3 Å². The van der Waals surface area contributed by atoms with Crippen molar-refractivity contribution in [2.24, 2.45) is 0 Å². The maximum absolute atomic E-state index is 13.2. The van der Waals surface area contributed by atoms with Gasteiger partial charge in [-0.15, -0.1) is 0 Å². The van der Waals surface area contributed by atoms with Gasteiger partial charge in [0.2, 0.25) is 10.0 Å². The molecule has 8 nitrogen and oxygen atoms in total. The second kappa shape index (κ2) is 7.37. The van der Waals surface area contributed by atoms with Crippen molar-refractivity contribution in [3.63, 3.8) is 0 Å². The van der Waals surface area contributed by atoms with Gasteiger partial charge in [0.15, 0.2) is 0 Å². The van der Waals surface area contributed by atoms with Crippen LogP contribution < -0.4 is 5.32 Å². The number of sulfonamides is 1. The van der Waals surface area contributed by atoms with Crippen molar-refractivity contribution in [3.05, 3.63) is 36.2 Å². The van der Waals surface area contributed by atoms with Crippen molar-refractivity contribution in [2.45, 2.75) is 43.7 Å². The number of nitrogens with one attached hydrogen (secondary N) is 1. The molecule has 0 spiro atoms. The lowest BCUT2D eigenvalue weighted by Gasteiger charge is -2.22. The van der Waals surface area contributed by atoms with Gasteiger partial charge in [-0.1, -0.05) is 12.1 Å². The first kappa shape index (κ1) is 20.0. The average molecular weight is 402 g/mol. The molecule has 1 fully saturated rings. The highest BCUT2D eigenvalue weighted by Crippen LogP contribution is 2.29. The maximum atomic E-state index is 13.2. The third-order valence-corrected chi connectivity index (χ3v) is 6.26. The van der Waals surface area contributed by atoms with Gasteiger partial charge in [0.1, 0.15) is 11.7 Å². The number of rotatable bonds is 3. The second-order valence-corrected chi connectivity index (χ2v) is 9.55. The van der Waals surface area contributed by atoms with E-state index in [4.69, 9.17) is 4.74 Å². The van der Waals surface area contributed by atoms with E-state index in [1.807, 2.05) is 6.07 Å². The molecule has 1 aromatic carbocycles. The largest absolute Gasteiger partial charge is 0.444 e. The molecule has 0 radical (unpaired) electrons. The second-order valence-electron chi connectivity index (χ2n) is 7.65. The lowest BCUT2D eigenvalue weighted by atomic mass is 10.1. The normalized spacial score (nSPS) is 18.0. The molecule has 148 valence electrons. The summed E-state index contributed by atoms with van der Waals surface area (Å²) < 4.78 is 33.0. The number of nitriles is 1. The van der Waals surface area contributed by atoms with Crippen LogP contribution in [0, 0.1) is 11.3 Å². The third-order valence-electron chi connectivity index (χ3n) is 4.36. The number of ether oxygens (including phenoxy) is 1. The maximum Gasteiger partial charge on any atom is 0.407 e. The van der Waals surface area contributed by atoms with Gasteiger partial charge in [0, 0.05) is 42.3 Å². The number of benzene rings is 1. The number of pyridine rings is 1. The number of aromatic nitrogens is 1. The molecule has 1 aromatic heterocycles. The molecule has 9 heteroatoms. The van der Waals surface area contributed by atoms with Crippen LogP contribution in [0.2, 0.25) is 0 Å². The highest BCUT2D eigenvalue weighted by atomic mass is 32.2. The Morgan fingerprint density at radius 3 is 2.79 bits per heavy atom. The van der Waals surface area contributed by atoms with E-state index in [0.717, 1.165) is 0 Å². The van der Waals surface area contributed by atoms with E-state index in [0.29, 0.717) is 17.2 Å². The van der Waals surface area contributed by atoms with Crippen LogP contribution in [-0.2, 0) is 14.8 Å². The number of fused-ring (bicyclic) bond motifs is 1. The molecule has 2 heterocycles. The Hall–Kier alpha value is -2.70. The molecule has 1 saturated heterocycles. The SMILES string of the molecule is CC(C)(C)OC(=O)NC1CCN(S(=O)(=O)c2cccc3cncc(C#N)c23)C1. The molecule has 1 aliphatic rings. The fourth-order valence-electron chi connectivity index (χ4n) is 3.18. The summed E-state index contributed by atoms with van der Waals surface area (Å²) in [4.78, 5) is 16.0. The first-order valence-corrected chi connectivity index (χ1v) is 10.3. The predicted octanol–water partition coefficient (Wildman–Crippen LogP) is 2.39. The summed E-state index contributed by atoms with van der Waals surface area (Å²) in [5.41, 5.74) is -0.418. The molecule has 1 aliphatic heterocycles. The Bertz CT molecular complexity index is 1050. The fraction of sp³-hybridized carbons (Fsp3) is 0.421. The van der Waals surface area contributed by atoms with Gasteiger partial charge in [-0.05, 0) is 33.3 Å². The van der Waals surface area contributed by atoms with E-state index in [-0.39, 0.29) is 29.6 Å². The van der Waals surface area contributed by atoms with Crippen molar-refractivity contribution in [3.8, 4) is 6.07 Å². The van der Waals surface area contributed by atoms with E-state index in [9.17, 15) is 18.5 Å². The summed E-state index contributed by atoms with van der Waals surface area (Å²) in [6, 6.07) is 6.52. The summed E-state index contributed by atoms with van der Waals surface area (Å²) >= 11 is 0. The van der Waals surface area contributed by atoms with Gasteiger partial charge in [0.25, 0.3) is 0 Å². The Morgan fingerprint density at radius 2 is 2.11 bits per heavy atom. The molecule has 0 aliphatic carbocycles. The van der Waals surface area contributed by atoms with Crippen LogP contribution in [0.4, 0.5) is 4.79 Å². The summed E-state index contributed by atoms with van der Waals surface area (Å²) in [5, 5.41) is 13.0. The Morgan fingerprint density at radius 1 is 1.36 bits per heavy atom. The summed E-state index contributed by atoms with van der Waals surface area (Å²) in [6.07, 6.45) is 2.81. The van der Waals surface area contributed by atoms with E-state index in [1.165, 1.54) is 22.8 Å². The lowest BCUT2D eigenvalue weighted by molar-refractivity contribution is 0.0507. The van der Waals surface area contributed by atoms with Crippen molar-refractivity contribution >= 4 is 26.9 Å². The molecule has 0 bridgehead atoms. The molecule has 28 heavy (non-hydrogen) atoms. The Kier molecular flexibility index (Phi) is 5.28. The van der Waals surface area contributed by atoms with Crippen LogP contribution in [0.3, 0.4) is 0 Å². The lowest BCUT2D eigenvalue weighted by Crippen LogP contribution is -2.41. The number of carbonyl (C=O) groups is 1. The van der Waals surface area contributed by atoms with Crippen molar-refractivity contribution in [2.75, 3.05) is 13.1 Å². The third kappa shape index (κ3) is 4.08. The van der Waals surface area contributed by atoms with Crippen molar-refractivity contribution < 1.29 is 17.9 Å². The van der Waals surface area contributed by atoms with Crippen LogP contribution in [0.25, 0.3) is 10.8 Å². The zero-order valence-corrected chi connectivity index (χ0v) is 16.8. The van der Waals surface area contributed by atoms with Crippen molar-refractivity contribution in [1.82, 2.24) is 14.6 Å². The molecular formula is C19H22N4O4S. The summed E-state index contributed by atoms with van der Waals surface area (Å²) in [7, 11) is -3.84. The van der Waals surface area contributed by atoms with Gasteiger partial charge in [0.05, 0.1) is 10.5 Å². The average Bonchev–Trinajstić information content (AvgIpc) is 3.08. The monoisotopic (exact) mass is 402 g/mol. The highest BCUT2D eigenvalue weighted by molar-refractivity contribution is 7.89. The zero-order valence-electron chi connectivity index (χ0n) is 16.0. The Balaban J connectivity index is 1.85. The van der Waals surface area contributed by atoms with Gasteiger partial charge >= 0.3 is 6.09 Å². The summed E-state index contributed by atoms with van der Waals surface area (Å²) in [6.45, 7) is 5.71. The highest BCUT2D eigenvalue weighted by Gasteiger charge is 2.35. The van der Waals surface area contributed by atoms with Gasteiger partial charge in [-0.3, -0.25) is 4.98 Å². The Labute approximate surface area is 164 Å². The smallest absolute Gasteiger partial charge is 0.407 e. The summed E-state index contributed by atoms with van der Waals surface area (Å²) in [5.74, 6) is 0. The van der Waals surface area contributed by atoms with Gasteiger partial charge < -0.3 is 10.1 Å². The number of alkyl carbamates (subject to hydrolysis) is 1. The van der Waals surface area contributed by atoms with Crippen LogP contribution in [-0.4, -0.2) is 48.5 Å². The molecule has 1 N–H and O–H groups in total. The minimum absolute atomic E-state index is 0.0712. The van der Waals surface area contributed by atoms with Gasteiger partial charge in [-0.2, -0.15) is 9.57 Å². The molecule has 1 unspecified atom stereocenters. The van der Waals surface area contributed by atoms with Crippen LogP contribution >= 0.6 is 0 Å². The number of nitrogens with zero attached hydrogens (tertiary/aromatic N) is 3. The van der Waals surface area contributed by atoms with Crippen LogP contribution in [0.15, 0.2) is 35.5 Å². The number of hydrogen-bond donors (Lipinski definition) is 1. The predicted molar refractivity (Wildman–Crippen MR) is 103 cm³/mol. The van der Waals surface area contributed by atoms with Crippen LogP contribution in [0.1, 0.15) is 32.8 Å². The van der Waals surface area contributed by atoms with E-state index in [1.54, 1.807) is 32.9 Å². The first-order valence-electron chi connectivity index (χ1n) is 8.88. The zero-order chi connectivity index (χ0) is 20.5. The molecule has 2 aromatic rings. The van der Waals surface area contributed by atoms with E-state index < -0.39 is 21.7 Å². The number of carbonyl (C=O) groups excluding carboxylic acids is 1. The van der Waals surface area contributed by atoms with Gasteiger partial charge in [-0.25, -0.2) is 13.2 Å². The van der Waals surface area contributed by atoms with Crippen molar-refractivity contribution in [1.29, 1.82) is 5.26 Å².